The van der Waals surface area contributed by atoms with Gasteiger partial charge in [0.1, 0.15) is 5.82 Å². The molecule has 0 unspecified atom stereocenters. The van der Waals surface area contributed by atoms with Gasteiger partial charge < -0.3 is 10.6 Å². The number of ether oxygens (including phenoxy) is 1. The fraction of sp³-hybridized carbons (Fsp3) is 0.364. The summed E-state index contributed by atoms with van der Waals surface area (Å²) in [7, 11) is 0. The predicted molar refractivity (Wildman–Crippen MR) is 109 cm³/mol. The molecule has 170 valence electrons. The first kappa shape index (κ1) is 22.5. The van der Waals surface area contributed by atoms with Gasteiger partial charge in [0.2, 0.25) is 5.91 Å². The molecule has 3 atom stereocenters. The minimum Gasteiger partial charge on any atom is -0.341 e. The molecule has 0 bridgehead atoms. The van der Waals surface area contributed by atoms with E-state index in [0.29, 0.717) is 35.2 Å². The Balaban J connectivity index is 1.59. The number of alkyl halides is 3. The van der Waals surface area contributed by atoms with Crippen LogP contribution in [0.25, 0.3) is 0 Å². The molecule has 0 radical (unpaired) electrons. The summed E-state index contributed by atoms with van der Waals surface area (Å²) in [4.78, 5) is 25.4. The lowest BCUT2D eigenvalue weighted by molar-refractivity contribution is -0.346. The summed E-state index contributed by atoms with van der Waals surface area (Å²) >= 11 is 6.23. The van der Waals surface area contributed by atoms with E-state index in [1.54, 1.807) is 18.2 Å². The average Bonchev–Trinajstić information content (AvgIpc) is 3.06. The van der Waals surface area contributed by atoms with Crippen molar-refractivity contribution < 1.29 is 31.9 Å². The number of fused-ring (bicyclic) bond motifs is 1. The minimum absolute atomic E-state index is 0.0588. The van der Waals surface area contributed by atoms with Crippen molar-refractivity contribution in [3.8, 4) is 0 Å². The second kappa shape index (κ2) is 8.71. The van der Waals surface area contributed by atoms with Crippen molar-refractivity contribution in [2.45, 2.75) is 44.2 Å². The third kappa shape index (κ3) is 4.73. The summed E-state index contributed by atoms with van der Waals surface area (Å²) < 4.78 is 55.7. The minimum atomic E-state index is -4.76. The topological polar surface area (TPSA) is 67.4 Å². The molecule has 0 saturated heterocycles. The Bertz CT molecular complexity index is 1060. The molecule has 10 heteroatoms. The van der Waals surface area contributed by atoms with Gasteiger partial charge >= 0.3 is 6.36 Å². The first-order chi connectivity index (χ1) is 15.1. The van der Waals surface area contributed by atoms with Crippen molar-refractivity contribution in [2.75, 3.05) is 5.32 Å². The summed E-state index contributed by atoms with van der Waals surface area (Å²) in [6.45, 7) is 0. The highest BCUT2D eigenvalue weighted by Gasteiger charge is 2.38. The van der Waals surface area contributed by atoms with Gasteiger partial charge in [0.05, 0.1) is 12.1 Å². The summed E-state index contributed by atoms with van der Waals surface area (Å²) in [6.07, 6.45) is -4.82. The molecule has 1 heterocycles. The number of halogens is 5. The van der Waals surface area contributed by atoms with Gasteiger partial charge in [-0.3, -0.25) is 14.3 Å². The van der Waals surface area contributed by atoms with E-state index in [1.807, 2.05) is 0 Å². The molecule has 2 aromatic rings. The highest BCUT2D eigenvalue weighted by atomic mass is 35.5. The second-order valence-corrected chi connectivity index (χ2v) is 8.28. The molecule has 32 heavy (non-hydrogen) atoms. The third-order valence-corrected chi connectivity index (χ3v) is 6.08. The first-order valence-electron chi connectivity index (χ1n) is 10.1. The fourth-order valence-electron chi connectivity index (χ4n) is 4.35. The number of rotatable bonds is 4. The predicted octanol–water partition coefficient (Wildman–Crippen LogP) is 5.35. The Kier molecular flexibility index (Phi) is 6.13. The van der Waals surface area contributed by atoms with E-state index in [1.165, 1.54) is 18.2 Å². The van der Waals surface area contributed by atoms with E-state index in [4.69, 9.17) is 11.6 Å². The van der Waals surface area contributed by atoms with Gasteiger partial charge in [0, 0.05) is 33.3 Å². The Morgan fingerprint density at radius 2 is 1.97 bits per heavy atom. The van der Waals surface area contributed by atoms with Gasteiger partial charge in [-0.1, -0.05) is 24.1 Å². The zero-order valence-corrected chi connectivity index (χ0v) is 17.4. The molecule has 4 rings (SSSR count). The number of hydrogen-bond acceptors (Lipinski definition) is 3. The van der Waals surface area contributed by atoms with E-state index in [2.05, 4.69) is 15.4 Å². The van der Waals surface area contributed by atoms with Crippen molar-refractivity contribution in [2.24, 2.45) is 5.92 Å². The van der Waals surface area contributed by atoms with Crippen LogP contribution < -0.4 is 10.6 Å². The summed E-state index contributed by atoms with van der Waals surface area (Å²) in [6, 6.07) is 7.73. The van der Waals surface area contributed by atoms with Crippen LogP contribution in [0.15, 0.2) is 36.4 Å². The van der Waals surface area contributed by atoms with Gasteiger partial charge in [-0.15, -0.1) is 13.2 Å². The number of amides is 2. The van der Waals surface area contributed by atoms with E-state index in [-0.39, 0.29) is 17.9 Å². The van der Waals surface area contributed by atoms with Crippen LogP contribution in [0.4, 0.5) is 23.2 Å². The SMILES string of the molecule is O=C1N[C@@H](c2cc(F)ccc2Cl)c2c(NC(=O)[C@H]3CCC[C@@H](OC(F)(F)F)C3)cccc21. The van der Waals surface area contributed by atoms with Gasteiger partial charge in [0.15, 0.2) is 0 Å². The molecule has 1 saturated carbocycles. The molecule has 1 aliphatic heterocycles. The summed E-state index contributed by atoms with van der Waals surface area (Å²) in [5.74, 6) is -2.07. The van der Waals surface area contributed by atoms with Crippen molar-refractivity contribution in [1.82, 2.24) is 5.32 Å². The zero-order valence-electron chi connectivity index (χ0n) is 16.6. The lowest BCUT2D eigenvalue weighted by atomic mass is 9.86. The fourth-order valence-corrected chi connectivity index (χ4v) is 4.57. The van der Waals surface area contributed by atoms with Crippen LogP contribution in [0.2, 0.25) is 5.02 Å². The van der Waals surface area contributed by atoms with E-state index in [0.717, 1.165) is 0 Å². The molecular weight excluding hydrogens is 452 g/mol. The maximum Gasteiger partial charge on any atom is 0.522 e. The highest BCUT2D eigenvalue weighted by molar-refractivity contribution is 6.31. The normalized spacial score (nSPS) is 22.9. The van der Waals surface area contributed by atoms with Crippen LogP contribution in [0, 0.1) is 11.7 Å². The quantitative estimate of drug-likeness (QED) is 0.592. The largest absolute Gasteiger partial charge is 0.522 e. The number of carbonyl (C=O) groups excluding carboxylic acids is 2. The number of benzene rings is 2. The van der Waals surface area contributed by atoms with Gasteiger partial charge in [-0.05, 0) is 49.6 Å². The first-order valence-corrected chi connectivity index (χ1v) is 10.4. The molecule has 5 nitrogen and oxygen atoms in total. The maximum atomic E-state index is 13.8. The van der Waals surface area contributed by atoms with E-state index >= 15 is 0 Å². The number of nitrogens with one attached hydrogen (secondary N) is 2. The molecule has 2 aliphatic rings. The smallest absolute Gasteiger partial charge is 0.341 e. The molecule has 2 N–H and O–H groups in total. The van der Waals surface area contributed by atoms with E-state index < -0.39 is 42.1 Å². The van der Waals surface area contributed by atoms with Crippen molar-refractivity contribution in [3.63, 3.8) is 0 Å². The molecular formula is C22H19ClF4N2O3. The van der Waals surface area contributed by atoms with Crippen molar-refractivity contribution in [1.29, 1.82) is 0 Å². The Morgan fingerprint density at radius 1 is 1.19 bits per heavy atom. The molecule has 1 aliphatic carbocycles. The second-order valence-electron chi connectivity index (χ2n) is 7.88. The summed E-state index contributed by atoms with van der Waals surface area (Å²) in [5, 5.41) is 5.73. The van der Waals surface area contributed by atoms with Crippen LogP contribution >= 0.6 is 11.6 Å². The molecule has 2 aromatic carbocycles. The van der Waals surface area contributed by atoms with Crippen LogP contribution in [-0.4, -0.2) is 24.3 Å². The molecule has 2 amide bonds. The number of carbonyl (C=O) groups is 2. The van der Waals surface area contributed by atoms with Crippen molar-refractivity contribution in [3.05, 3.63) is 63.9 Å². The van der Waals surface area contributed by atoms with Crippen LogP contribution in [0.5, 0.6) is 0 Å². The average molecular weight is 471 g/mol. The van der Waals surface area contributed by atoms with Crippen molar-refractivity contribution >= 4 is 29.1 Å². The Hall–Kier alpha value is -2.65. The monoisotopic (exact) mass is 470 g/mol. The van der Waals surface area contributed by atoms with Gasteiger partial charge in [-0.25, -0.2) is 4.39 Å². The third-order valence-electron chi connectivity index (χ3n) is 5.74. The maximum absolute atomic E-state index is 13.8. The van der Waals surface area contributed by atoms with Gasteiger partial charge in [-0.2, -0.15) is 0 Å². The standard InChI is InChI=1S/C22H19ClF4N2O3/c23-16-8-7-12(24)10-15(16)19-18-14(21(31)29-19)5-2-6-17(18)28-20(30)11-3-1-4-13(9-11)32-22(25,26)27/h2,5-8,10-11,13,19H,1,3-4,9H2,(H,28,30)(H,29,31)/t11-,13+,19-/m0/s1. The molecule has 0 spiro atoms. The molecule has 0 aromatic heterocycles. The summed E-state index contributed by atoms with van der Waals surface area (Å²) in [5.41, 5.74) is 1.37. The number of anilines is 1. The Labute approximate surface area is 186 Å². The van der Waals surface area contributed by atoms with Crippen LogP contribution in [0.1, 0.15) is 53.2 Å². The molecule has 1 fully saturated rings. The van der Waals surface area contributed by atoms with E-state index in [9.17, 15) is 27.2 Å². The van der Waals surface area contributed by atoms with Crippen LogP contribution in [0.3, 0.4) is 0 Å². The lowest BCUT2D eigenvalue weighted by Gasteiger charge is -2.29. The lowest BCUT2D eigenvalue weighted by Crippen LogP contribution is -2.34. The Morgan fingerprint density at radius 3 is 2.72 bits per heavy atom. The number of hydrogen-bond donors (Lipinski definition) is 2. The van der Waals surface area contributed by atoms with Crippen LogP contribution in [-0.2, 0) is 9.53 Å². The highest BCUT2D eigenvalue weighted by Crippen LogP contribution is 2.40. The zero-order chi connectivity index (χ0) is 23.0. The van der Waals surface area contributed by atoms with Gasteiger partial charge in [0.25, 0.3) is 5.91 Å².